The summed E-state index contributed by atoms with van der Waals surface area (Å²) in [6.07, 6.45) is 4.37. The molecule has 1 heterocycles. The zero-order valence-corrected chi connectivity index (χ0v) is 14.9. The Kier molecular flexibility index (Phi) is 5.21. The summed E-state index contributed by atoms with van der Waals surface area (Å²) >= 11 is 0. The van der Waals surface area contributed by atoms with Crippen molar-refractivity contribution in [2.45, 2.75) is 46.0 Å². The molecule has 5 heteroatoms. The van der Waals surface area contributed by atoms with Crippen molar-refractivity contribution in [1.29, 1.82) is 0 Å². The molecule has 0 N–H and O–H groups in total. The van der Waals surface area contributed by atoms with Crippen molar-refractivity contribution in [2.75, 3.05) is 11.5 Å². The molecule has 2 fully saturated rings. The summed E-state index contributed by atoms with van der Waals surface area (Å²) in [6.45, 7) is 4.57. The molecule has 25 heavy (non-hydrogen) atoms. The van der Waals surface area contributed by atoms with Crippen molar-refractivity contribution >= 4 is 23.5 Å². The molecule has 0 aromatic heterocycles. The van der Waals surface area contributed by atoms with E-state index in [1.54, 1.807) is 24.3 Å². The molecular weight excluding hydrogens is 318 g/mol. The van der Waals surface area contributed by atoms with E-state index in [0.717, 1.165) is 32.1 Å². The first-order chi connectivity index (χ1) is 12.0. The number of esters is 1. The number of anilines is 1. The Labute approximate surface area is 148 Å². The molecule has 0 spiro atoms. The van der Waals surface area contributed by atoms with Gasteiger partial charge >= 0.3 is 5.97 Å². The molecule has 1 aromatic rings. The van der Waals surface area contributed by atoms with Gasteiger partial charge in [0.2, 0.25) is 11.8 Å². The van der Waals surface area contributed by atoms with Crippen LogP contribution in [0.5, 0.6) is 0 Å². The summed E-state index contributed by atoms with van der Waals surface area (Å²) in [5.74, 6) is -0.447. The molecule has 3 rings (SSSR count). The lowest BCUT2D eigenvalue weighted by Crippen LogP contribution is -2.30. The predicted octanol–water partition coefficient (Wildman–Crippen LogP) is 3.57. The number of rotatable bonds is 5. The maximum atomic E-state index is 12.7. The molecule has 134 valence electrons. The van der Waals surface area contributed by atoms with Gasteiger partial charge in [0.25, 0.3) is 0 Å². The Morgan fingerprint density at radius 1 is 1.12 bits per heavy atom. The Bertz CT molecular complexity index is 667. The van der Waals surface area contributed by atoms with Gasteiger partial charge in [-0.15, -0.1) is 0 Å². The average molecular weight is 343 g/mol. The lowest BCUT2D eigenvalue weighted by Gasteiger charge is -2.25. The van der Waals surface area contributed by atoms with Crippen LogP contribution in [0.3, 0.4) is 0 Å². The van der Waals surface area contributed by atoms with E-state index in [2.05, 4.69) is 6.92 Å². The summed E-state index contributed by atoms with van der Waals surface area (Å²) < 4.78 is 5.18. The number of unbranched alkanes of at least 4 members (excludes halogenated alkanes) is 1. The largest absolute Gasteiger partial charge is 0.462 e. The molecule has 0 bridgehead atoms. The van der Waals surface area contributed by atoms with E-state index in [9.17, 15) is 14.4 Å². The maximum Gasteiger partial charge on any atom is 0.338 e. The molecule has 2 aliphatic rings. The monoisotopic (exact) mass is 343 g/mol. The van der Waals surface area contributed by atoms with Gasteiger partial charge in [-0.05, 0) is 55.9 Å². The molecule has 1 saturated carbocycles. The Morgan fingerprint density at radius 2 is 1.80 bits per heavy atom. The van der Waals surface area contributed by atoms with Crippen LogP contribution < -0.4 is 4.90 Å². The molecule has 0 radical (unpaired) electrons. The van der Waals surface area contributed by atoms with Crippen LogP contribution in [0, 0.1) is 17.8 Å². The zero-order valence-electron chi connectivity index (χ0n) is 14.9. The van der Waals surface area contributed by atoms with Crippen molar-refractivity contribution in [1.82, 2.24) is 0 Å². The van der Waals surface area contributed by atoms with Gasteiger partial charge < -0.3 is 4.74 Å². The average Bonchev–Trinajstić information content (AvgIpc) is 2.85. The standard InChI is InChI=1S/C20H25NO4/c1-3-4-11-25-20(24)14-6-8-15(9-7-14)21-18(22)16-10-5-13(2)12-17(16)19(21)23/h6-9,13,16-17H,3-5,10-12H2,1-2H3. The highest BCUT2D eigenvalue weighted by Gasteiger charge is 2.49. The second-order valence-corrected chi connectivity index (χ2v) is 7.18. The molecule has 1 aliphatic heterocycles. The van der Waals surface area contributed by atoms with E-state index >= 15 is 0 Å². The number of benzene rings is 1. The van der Waals surface area contributed by atoms with Crippen molar-refractivity contribution in [3.05, 3.63) is 29.8 Å². The fourth-order valence-electron chi connectivity index (χ4n) is 3.78. The fraction of sp³-hybridized carbons (Fsp3) is 0.550. The minimum Gasteiger partial charge on any atom is -0.462 e. The van der Waals surface area contributed by atoms with Gasteiger partial charge in [-0.25, -0.2) is 4.79 Å². The van der Waals surface area contributed by atoms with Crippen LogP contribution in [0.25, 0.3) is 0 Å². The van der Waals surface area contributed by atoms with Gasteiger partial charge in [0, 0.05) is 0 Å². The first-order valence-corrected chi connectivity index (χ1v) is 9.18. The zero-order chi connectivity index (χ0) is 18.0. The number of imide groups is 1. The normalized spacial score (nSPS) is 25.8. The molecule has 1 aliphatic carbocycles. The maximum absolute atomic E-state index is 12.7. The van der Waals surface area contributed by atoms with Crippen molar-refractivity contribution < 1.29 is 19.1 Å². The smallest absolute Gasteiger partial charge is 0.338 e. The highest BCUT2D eigenvalue weighted by atomic mass is 16.5. The summed E-state index contributed by atoms with van der Waals surface area (Å²) in [7, 11) is 0. The molecule has 3 atom stereocenters. The number of carbonyl (C=O) groups excluding carboxylic acids is 3. The number of hydrogen-bond donors (Lipinski definition) is 0. The lowest BCUT2D eigenvalue weighted by molar-refractivity contribution is -0.122. The first-order valence-electron chi connectivity index (χ1n) is 9.18. The second kappa shape index (κ2) is 7.38. The van der Waals surface area contributed by atoms with Crippen LogP contribution in [0.1, 0.15) is 56.3 Å². The summed E-state index contributed by atoms with van der Waals surface area (Å²) in [4.78, 5) is 38.6. The highest BCUT2D eigenvalue weighted by molar-refractivity contribution is 6.22. The van der Waals surface area contributed by atoms with Gasteiger partial charge in [-0.3, -0.25) is 14.5 Å². The Hall–Kier alpha value is -2.17. The van der Waals surface area contributed by atoms with Crippen LogP contribution in [0.2, 0.25) is 0 Å². The SMILES string of the molecule is CCCCOC(=O)c1ccc(N2C(=O)C3CCC(C)CC3C2=O)cc1. The van der Waals surface area contributed by atoms with Crippen LogP contribution in [0.15, 0.2) is 24.3 Å². The van der Waals surface area contributed by atoms with E-state index in [1.165, 1.54) is 4.90 Å². The van der Waals surface area contributed by atoms with Gasteiger partial charge in [-0.2, -0.15) is 0 Å². The van der Waals surface area contributed by atoms with Gasteiger partial charge in [0.1, 0.15) is 0 Å². The number of ether oxygens (including phenoxy) is 1. The fourth-order valence-corrected chi connectivity index (χ4v) is 3.78. The molecule has 3 unspecified atom stereocenters. The molecule has 1 saturated heterocycles. The third-order valence-electron chi connectivity index (χ3n) is 5.28. The first kappa shape index (κ1) is 17.6. The van der Waals surface area contributed by atoms with Gasteiger partial charge in [0.05, 0.1) is 29.7 Å². The second-order valence-electron chi connectivity index (χ2n) is 7.18. The molecule has 5 nitrogen and oxygen atoms in total. The number of carbonyl (C=O) groups is 3. The minimum absolute atomic E-state index is 0.0971. The quantitative estimate of drug-likeness (QED) is 0.466. The predicted molar refractivity (Wildman–Crippen MR) is 94.1 cm³/mol. The number of hydrogen-bond acceptors (Lipinski definition) is 4. The van der Waals surface area contributed by atoms with Crippen LogP contribution >= 0.6 is 0 Å². The summed E-state index contributed by atoms with van der Waals surface area (Å²) in [6, 6.07) is 6.56. The number of fused-ring (bicyclic) bond motifs is 1. The van der Waals surface area contributed by atoms with Crippen LogP contribution in [-0.2, 0) is 14.3 Å². The van der Waals surface area contributed by atoms with E-state index in [4.69, 9.17) is 4.74 Å². The summed E-state index contributed by atoms with van der Waals surface area (Å²) in [5, 5.41) is 0. The Balaban J connectivity index is 1.73. The highest BCUT2D eigenvalue weighted by Crippen LogP contribution is 2.42. The summed E-state index contributed by atoms with van der Waals surface area (Å²) in [5.41, 5.74) is 0.979. The third-order valence-corrected chi connectivity index (χ3v) is 5.28. The third kappa shape index (κ3) is 3.46. The van der Waals surface area contributed by atoms with Gasteiger partial charge in [-0.1, -0.05) is 20.3 Å². The molecule has 1 aromatic carbocycles. The Morgan fingerprint density at radius 3 is 2.48 bits per heavy atom. The number of amides is 2. The van der Waals surface area contributed by atoms with Crippen molar-refractivity contribution in [3.63, 3.8) is 0 Å². The van der Waals surface area contributed by atoms with Crippen LogP contribution in [-0.4, -0.2) is 24.4 Å². The molecule has 2 amide bonds. The molecular formula is C20H25NO4. The van der Waals surface area contributed by atoms with E-state index in [1.807, 2.05) is 6.92 Å². The van der Waals surface area contributed by atoms with Crippen LogP contribution in [0.4, 0.5) is 5.69 Å². The van der Waals surface area contributed by atoms with E-state index < -0.39 is 0 Å². The van der Waals surface area contributed by atoms with Gasteiger partial charge in [0.15, 0.2) is 0 Å². The van der Waals surface area contributed by atoms with E-state index in [0.29, 0.717) is 23.8 Å². The number of nitrogens with zero attached hydrogens (tertiary/aromatic N) is 1. The minimum atomic E-state index is -0.374. The van der Waals surface area contributed by atoms with Crippen molar-refractivity contribution in [2.24, 2.45) is 17.8 Å². The lowest BCUT2D eigenvalue weighted by atomic mass is 9.76. The van der Waals surface area contributed by atoms with E-state index in [-0.39, 0.29) is 29.6 Å². The van der Waals surface area contributed by atoms with Crippen molar-refractivity contribution in [3.8, 4) is 0 Å². The topological polar surface area (TPSA) is 63.7 Å².